The molecule has 21 nitrogen and oxygen atoms in total. The largest absolute Gasteiger partial charge is 0.452 e. The van der Waals surface area contributed by atoms with Crippen molar-refractivity contribution in [2.45, 2.75) is 224 Å². The van der Waals surface area contributed by atoms with E-state index in [4.69, 9.17) is 71.1 Å². The summed E-state index contributed by atoms with van der Waals surface area (Å²) in [6.07, 6.45) is -9.52. The van der Waals surface area contributed by atoms with E-state index in [1.54, 1.807) is 65.6 Å². The number of benzene rings is 4. The van der Waals surface area contributed by atoms with Gasteiger partial charge in [0.25, 0.3) is 0 Å². The fourth-order valence-electron chi connectivity index (χ4n) is 11.1. The van der Waals surface area contributed by atoms with Crippen LogP contribution in [0.3, 0.4) is 0 Å². The Labute approximate surface area is 556 Å². The molecule has 4 aromatic rings. The molecular weight excluding hydrogens is 1210 g/mol. The number of hydrogen-bond donors (Lipinski definition) is 2. The van der Waals surface area contributed by atoms with Crippen LogP contribution in [0.25, 0.3) is 0 Å². The molecule has 2 N–H and O–H groups in total. The highest BCUT2D eigenvalue weighted by molar-refractivity contribution is 5.90. The first kappa shape index (κ1) is 75.9. The van der Waals surface area contributed by atoms with Crippen molar-refractivity contribution in [3.63, 3.8) is 0 Å². The molecule has 0 radical (unpaired) electrons. The number of amides is 1. The molecule has 3 aliphatic rings. The summed E-state index contributed by atoms with van der Waals surface area (Å²) in [4.78, 5) is 43.9. The summed E-state index contributed by atoms with van der Waals surface area (Å²) < 4.78 is 101. The number of nitrogens with zero attached hydrogens (tertiary/aromatic N) is 1. The molecule has 1 amide bonds. The van der Waals surface area contributed by atoms with Gasteiger partial charge in [0.1, 0.15) is 67.6 Å². The number of carbonyl (C=O) groups is 3. The van der Waals surface area contributed by atoms with E-state index in [1.807, 2.05) is 67.6 Å². The third kappa shape index (κ3) is 23.7. The van der Waals surface area contributed by atoms with Gasteiger partial charge in [-0.15, -0.1) is 0 Å². The van der Waals surface area contributed by atoms with Gasteiger partial charge in [-0.2, -0.15) is 0 Å². The number of unbranched alkanes of at least 4 members (excludes halogenated alkanes) is 6. The Bertz CT molecular complexity index is 2670. The van der Waals surface area contributed by atoms with Crippen molar-refractivity contribution in [3.8, 4) is 0 Å². The van der Waals surface area contributed by atoms with Gasteiger partial charge in [0.05, 0.1) is 37.6 Å². The van der Waals surface area contributed by atoms with Gasteiger partial charge in [0, 0.05) is 52.7 Å². The van der Waals surface area contributed by atoms with Gasteiger partial charge in [0.2, 0.25) is 0 Å². The maximum Gasteiger partial charge on any atom is 0.410 e. The predicted octanol–water partition coefficient (Wildman–Crippen LogP) is 11.0. The monoisotopic (exact) mass is 1320 g/mol. The van der Waals surface area contributed by atoms with Crippen LogP contribution in [-0.4, -0.2) is 198 Å². The second-order valence-electron chi connectivity index (χ2n) is 23.9. The molecule has 4 aromatic carbocycles. The zero-order valence-corrected chi connectivity index (χ0v) is 56.1. The fraction of sp³-hybridized carbons (Fsp3) is 0.630. The molecule has 0 bridgehead atoms. The van der Waals surface area contributed by atoms with Crippen molar-refractivity contribution in [2.75, 3.05) is 72.6 Å². The minimum atomic E-state index is -1.70. The Morgan fingerprint density at radius 1 is 0.426 bits per heavy atom. The van der Waals surface area contributed by atoms with Crippen molar-refractivity contribution < 1.29 is 95.6 Å². The van der Waals surface area contributed by atoms with Crippen molar-refractivity contribution >= 4 is 18.0 Å². The summed E-state index contributed by atoms with van der Waals surface area (Å²) in [5, 5.41) is 22.8. The molecule has 0 saturated carbocycles. The molecule has 3 fully saturated rings. The van der Waals surface area contributed by atoms with Crippen molar-refractivity contribution in [1.29, 1.82) is 0 Å². The van der Waals surface area contributed by atoms with Gasteiger partial charge >= 0.3 is 18.0 Å². The molecule has 3 aliphatic heterocycles. The quantitative estimate of drug-likeness (QED) is 0.0238. The van der Waals surface area contributed by atoms with Gasteiger partial charge < -0.3 is 86.2 Å². The zero-order valence-electron chi connectivity index (χ0n) is 56.1. The number of carbonyl (C=O) groups excluding carboxylic acids is 3. The van der Waals surface area contributed by atoms with Gasteiger partial charge in [-0.25, -0.2) is 14.4 Å². The van der Waals surface area contributed by atoms with Crippen molar-refractivity contribution in [3.05, 3.63) is 144 Å². The maximum absolute atomic E-state index is 14.3. The molecule has 3 saturated heterocycles. The van der Waals surface area contributed by atoms with E-state index in [-0.39, 0.29) is 63.9 Å². The lowest BCUT2D eigenvalue weighted by atomic mass is 9.95. The number of ether oxygens (including phenoxy) is 15. The topological polar surface area (TPSA) is 233 Å². The zero-order chi connectivity index (χ0) is 66.7. The summed E-state index contributed by atoms with van der Waals surface area (Å²) in [7, 11) is 0. The van der Waals surface area contributed by atoms with Crippen LogP contribution in [0, 0.1) is 0 Å². The average molecular weight is 1320 g/mol. The molecule has 21 heteroatoms. The Morgan fingerprint density at radius 2 is 0.819 bits per heavy atom. The highest BCUT2D eigenvalue weighted by Crippen LogP contribution is 2.38. The molecular formula is C73H105NO20. The molecule has 7 unspecified atom stereocenters. The summed E-state index contributed by atoms with van der Waals surface area (Å²) in [6.45, 7) is 14.2. The second-order valence-corrected chi connectivity index (χ2v) is 23.9. The van der Waals surface area contributed by atoms with Crippen LogP contribution >= 0.6 is 0 Å². The standard InChI is InChI=1S/C73H105NO20/c1-7-13-40-80-50-57-60(63(82-42-15-9-3)65(84-44-17-11-5)70(89-57)86-46-39-74(47-52-31-23-19-24-32-52)73(79)87-49-53-33-25-20-26-34-53)93-71-66(85-45-18-12-6)64(83-43-16-10-4)61(58(90-71)51-81-41-14-8-2)94-72-67(92-69(78)55-37-29-22-30-38-55)62(59(76)56(48-75)88-72)91-68(77)54-35-27-21-28-36-54/h19-38,56-67,70-72,75-76H,7-18,39-51H2,1-6H3/t56?,57?,58?,59-,60+,61-,62?,63?,64+,65?,66?,67+,70+,71-,72+/m1/s1. The Kier molecular flexibility index (Phi) is 34.7. The Morgan fingerprint density at radius 3 is 1.29 bits per heavy atom. The molecule has 94 heavy (non-hydrogen) atoms. The summed E-state index contributed by atoms with van der Waals surface area (Å²) in [5.41, 5.74) is 2.10. The summed E-state index contributed by atoms with van der Waals surface area (Å²) in [5.74, 6) is -1.65. The number of rotatable bonds is 43. The highest BCUT2D eigenvalue weighted by Gasteiger charge is 2.58. The molecule has 7 rings (SSSR count). The third-order valence-corrected chi connectivity index (χ3v) is 16.5. The van der Waals surface area contributed by atoms with E-state index >= 15 is 0 Å². The Hall–Kier alpha value is -5.47. The number of hydrogen-bond acceptors (Lipinski definition) is 20. The van der Waals surface area contributed by atoms with E-state index in [1.165, 1.54) is 0 Å². The van der Waals surface area contributed by atoms with Crippen LogP contribution in [0.15, 0.2) is 121 Å². The number of aliphatic hydroxyl groups is 2. The van der Waals surface area contributed by atoms with Gasteiger partial charge in [-0.3, -0.25) is 0 Å². The summed E-state index contributed by atoms with van der Waals surface area (Å²) >= 11 is 0. The van der Waals surface area contributed by atoms with Crippen LogP contribution in [0.5, 0.6) is 0 Å². The van der Waals surface area contributed by atoms with Crippen LogP contribution in [0.1, 0.15) is 150 Å². The first-order chi connectivity index (χ1) is 46.0. The van der Waals surface area contributed by atoms with E-state index in [9.17, 15) is 24.6 Å². The lowest BCUT2D eigenvalue weighted by Crippen LogP contribution is -2.68. The van der Waals surface area contributed by atoms with Crippen molar-refractivity contribution in [1.82, 2.24) is 4.90 Å². The summed E-state index contributed by atoms with van der Waals surface area (Å²) in [6, 6.07) is 35.7. The number of aliphatic hydroxyl groups excluding tert-OH is 2. The first-order valence-corrected chi connectivity index (χ1v) is 34.4. The fourth-order valence-corrected chi connectivity index (χ4v) is 11.1. The van der Waals surface area contributed by atoms with Crippen LogP contribution in [-0.2, 0) is 84.2 Å². The third-order valence-electron chi connectivity index (χ3n) is 16.5. The molecule has 15 atom stereocenters. The van der Waals surface area contributed by atoms with Gasteiger partial charge in [-0.1, -0.05) is 177 Å². The molecule has 0 spiro atoms. The van der Waals surface area contributed by atoms with Gasteiger partial charge in [0.15, 0.2) is 31.1 Å². The molecule has 3 heterocycles. The van der Waals surface area contributed by atoms with E-state index in [0.717, 1.165) is 68.9 Å². The van der Waals surface area contributed by atoms with E-state index < -0.39 is 117 Å². The maximum atomic E-state index is 14.3. The van der Waals surface area contributed by atoms with Crippen molar-refractivity contribution in [2.24, 2.45) is 0 Å². The molecule has 0 aliphatic carbocycles. The lowest BCUT2D eigenvalue weighted by molar-refractivity contribution is -0.389. The smallest absolute Gasteiger partial charge is 0.410 e. The predicted molar refractivity (Wildman–Crippen MR) is 350 cm³/mol. The van der Waals surface area contributed by atoms with E-state index in [2.05, 4.69) is 34.6 Å². The average Bonchev–Trinajstić information content (AvgIpc) is 0.772. The SMILES string of the molecule is CCCCOCC1O[C@H](OCCN(Cc2ccccc2)C(=O)OCc2ccccc2)C(OCCCC)C(OCCCC)[C@H]1O[C@H]1OC(COCCCC)[C@@H](O[C@@H]2OC(CO)[C@@H](O)C(OC(=O)c3ccccc3)[C@@H]2OC(=O)c2ccccc2)[C@H](OCCCC)C1OCCCC. The molecule has 0 aromatic heterocycles. The normalized spacial score (nSPS) is 26.1. The van der Waals surface area contributed by atoms with Gasteiger partial charge in [-0.05, 0) is 73.9 Å². The highest BCUT2D eigenvalue weighted by atomic mass is 16.8. The Balaban J connectivity index is 1.27. The second kappa shape index (κ2) is 42.9. The minimum Gasteiger partial charge on any atom is -0.452 e. The minimum absolute atomic E-state index is 0.0321. The van der Waals surface area contributed by atoms with Crippen LogP contribution < -0.4 is 0 Å². The number of esters is 2. The molecule has 522 valence electrons. The van der Waals surface area contributed by atoms with Crippen LogP contribution in [0.4, 0.5) is 4.79 Å². The lowest BCUT2D eigenvalue weighted by Gasteiger charge is -2.51. The van der Waals surface area contributed by atoms with E-state index in [0.29, 0.717) is 45.7 Å². The first-order valence-electron chi connectivity index (χ1n) is 34.4. The van der Waals surface area contributed by atoms with Crippen LogP contribution in [0.2, 0.25) is 0 Å².